The number of aliphatic hydroxyl groups excluding tert-OH is 1. The van der Waals surface area contributed by atoms with Gasteiger partial charge in [0, 0.05) is 30.7 Å². The summed E-state index contributed by atoms with van der Waals surface area (Å²) in [4.78, 5) is 6.79. The Morgan fingerprint density at radius 1 is 1.35 bits per heavy atom. The molecule has 1 saturated heterocycles. The van der Waals surface area contributed by atoms with Crippen LogP contribution >= 0.6 is 0 Å². The van der Waals surface area contributed by atoms with E-state index in [0.29, 0.717) is 0 Å². The summed E-state index contributed by atoms with van der Waals surface area (Å²) in [5.74, 6) is 0. The molecule has 1 N–H and O–H groups in total. The van der Waals surface area contributed by atoms with E-state index in [2.05, 4.69) is 28.1 Å². The number of likely N-dealkylation sites (tertiary alicyclic amines) is 1. The molecule has 2 aromatic rings. The highest BCUT2D eigenvalue weighted by Gasteiger charge is 2.24. The van der Waals surface area contributed by atoms with Crippen LogP contribution in [0.1, 0.15) is 11.3 Å². The molecule has 1 aromatic heterocycles. The van der Waals surface area contributed by atoms with E-state index >= 15 is 0 Å². The normalized spacial score (nSPS) is 17.3. The fourth-order valence-corrected chi connectivity index (χ4v) is 2.44. The van der Waals surface area contributed by atoms with E-state index in [4.69, 9.17) is 0 Å². The molecule has 17 heavy (non-hydrogen) atoms. The Hall–Kier alpha value is -1.45. The Morgan fingerprint density at radius 3 is 2.88 bits per heavy atom. The summed E-state index contributed by atoms with van der Waals surface area (Å²) >= 11 is 0. The van der Waals surface area contributed by atoms with Gasteiger partial charge in [-0.25, -0.2) is 0 Å². The van der Waals surface area contributed by atoms with Crippen molar-refractivity contribution in [3.63, 3.8) is 0 Å². The maximum absolute atomic E-state index is 9.31. The number of β-amino-alcohol motifs (C(OH)–C–C–N with tert-alkyl or cyclic N) is 1. The van der Waals surface area contributed by atoms with Gasteiger partial charge < -0.3 is 5.11 Å². The highest BCUT2D eigenvalue weighted by atomic mass is 16.3. The lowest BCUT2D eigenvalue weighted by atomic mass is 10.0. The third kappa shape index (κ3) is 2.04. The van der Waals surface area contributed by atoms with Crippen molar-refractivity contribution in [2.45, 2.75) is 19.6 Å². The molecule has 1 fully saturated rings. The lowest BCUT2D eigenvalue weighted by Gasteiger charge is -2.36. The van der Waals surface area contributed by atoms with E-state index in [1.165, 1.54) is 10.9 Å². The van der Waals surface area contributed by atoms with Crippen molar-refractivity contribution < 1.29 is 5.11 Å². The van der Waals surface area contributed by atoms with Crippen molar-refractivity contribution in [1.29, 1.82) is 0 Å². The van der Waals surface area contributed by atoms with Crippen molar-refractivity contribution in [2.75, 3.05) is 13.1 Å². The second-order valence-corrected chi connectivity index (χ2v) is 4.79. The van der Waals surface area contributed by atoms with E-state index < -0.39 is 0 Å². The third-order valence-electron chi connectivity index (χ3n) is 3.26. The number of hydrogen-bond acceptors (Lipinski definition) is 3. The van der Waals surface area contributed by atoms with E-state index in [0.717, 1.165) is 30.8 Å². The molecule has 2 heterocycles. The fraction of sp³-hybridized carbons (Fsp3) is 0.357. The van der Waals surface area contributed by atoms with Crippen LogP contribution in [0.2, 0.25) is 0 Å². The van der Waals surface area contributed by atoms with Crippen LogP contribution < -0.4 is 0 Å². The number of benzene rings is 1. The summed E-state index contributed by atoms with van der Waals surface area (Å²) in [6.07, 6.45) is -0.135. The molecule has 3 nitrogen and oxygen atoms in total. The molecule has 0 amide bonds. The Morgan fingerprint density at radius 2 is 2.12 bits per heavy atom. The van der Waals surface area contributed by atoms with Gasteiger partial charge in [-0.3, -0.25) is 9.88 Å². The largest absolute Gasteiger partial charge is 0.390 e. The Labute approximate surface area is 101 Å². The highest BCUT2D eigenvalue weighted by molar-refractivity contribution is 5.82. The average molecular weight is 228 g/mol. The lowest BCUT2D eigenvalue weighted by molar-refractivity contribution is -0.00264. The molecule has 88 valence electrons. The predicted molar refractivity (Wildman–Crippen MR) is 67.8 cm³/mol. The molecule has 0 saturated carbocycles. The van der Waals surface area contributed by atoms with Crippen LogP contribution in [-0.4, -0.2) is 34.2 Å². The van der Waals surface area contributed by atoms with E-state index in [1.807, 2.05) is 19.1 Å². The fourth-order valence-electron chi connectivity index (χ4n) is 2.44. The molecule has 0 aliphatic carbocycles. The van der Waals surface area contributed by atoms with Gasteiger partial charge in [0.2, 0.25) is 0 Å². The van der Waals surface area contributed by atoms with Crippen molar-refractivity contribution in [1.82, 2.24) is 9.88 Å². The summed E-state index contributed by atoms with van der Waals surface area (Å²) < 4.78 is 0. The minimum atomic E-state index is -0.135. The summed E-state index contributed by atoms with van der Waals surface area (Å²) in [6, 6.07) is 10.4. The Balaban J connectivity index is 1.97. The zero-order valence-electron chi connectivity index (χ0n) is 9.93. The summed E-state index contributed by atoms with van der Waals surface area (Å²) in [6.45, 7) is 4.51. The van der Waals surface area contributed by atoms with Crippen LogP contribution in [0.5, 0.6) is 0 Å². The first-order valence-corrected chi connectivity index (χ1v) is 5.98. The number of fused-ring (bicyclic) bond motifs is 1. The summed E-state index contributed by atoms with van der Waals surface area (Å²) in [5.41, 5.74) is 3.42. The molecule has 1 aromatic carbocycles. The van der Waals surface area contributed by atoms with Gasteiger partial charge in [0.05, 0.1) is 11.6 Å². The first-order valence-electron chi connectivity index (χ1n) is 5.98. The molecule has 1 aliphatic rings. The van der Waals surface area contributed by atoms with Gasteiger partial charge in [-0.05, 0) is 24.6 Å². The van der Waals surface area contributed by atoms with Crippen LogP contribution in [0.25, 0.3) is 10.9 Å². The average Bonchev–Trinajstić information content (AvgIpc) is 2.26. The SMILES string of the molecule is Cc1cc(CN2CC(O)C2)c2ccccc2n1. The zero-order chi connectivity index (χ0) is 11.8. The topological polar surface area (TPSA) is 36.4 Å². The second-order valence-electron chi connectivity index (χ2n) is 4.79. The zero-order valence-corrected chi connectivity index (χ0v) is 9.93. The molecule has 1 aliphatic heterocycles. The van der Waals surface area contributed by atoms with Gasteiger partial charge in [-0.1, -0.05) is 18.2 Å². The quantitative estimate of drug-likeness (QED) is 0.850. The monoisotopic (exact) mass is 228 g/mol. The van der Waals surface area contributed by atoms with Crippen molar-refractivity contribution in [3.05, 3.63) is 41.6 Å². The number of para-hydroxylation sites is 1. The van der Waals surface area contributed by atoms with Crippen molar-refractivity contribution in [2.24, 2.45) is 0 Å². The van der Waals surface area contributed by atoms with Gasteiger partial charge in [0.1, 0.15) is 0 Å². The first kappa shape index (κ1) is 10.7. The Kier molecular flexibility index (Phi) is 2.57. The first-order chi connectivity index (χ1) is 8.22. The minimum absolute atomic E-state index is 0.135. The number of hydrogen-bond donors (Lipinski definition) is 1. The summed E-state index contributed by atoms with van der Waals surface area (Å²) in [5, 5.41) is 10.5. The molecule has 0 atom stereocenters. The van der Waals surface area contributed by atoms with E-state index in [-0.39, 0.29) is 6.10 Å². The third-order valence-corrected chi connectivity index (χ3v) is 3.26. The van der Waals surface area contributed by atoms with Crippen LogP contribution in [0.15, 0.2) is 30.3 Å². The standard InChI is InChI=1S/C14H16N2O/c1-10-6-11(7-16-8-12(17)9-16)13-4-2-3-5-14(13)15-10/h2-6,12,17H,7-9H2,1H3. The molecule has 0 spiro atoms. The Bertz CT molecular complexity index is 547. The molecule has 3 heteroatoms. The maximum atomic E-state index is 9.31. The molecule has 3 rings (SSSR count). The second kappa shape index (κ2) is 4.09. The van der Waals surface area contributed by atoms with Gasteiger partial charge in [0.15, 0.2) is 0 Å². The number of nitrogens with zero attached hydrogens (tertiary/aromatic N) is 2. The highest BCUT2D eigenvalue weighted by Crippen LogP contribution is 2.21. The van der Waals surface area contributed by atoms with Gasteiger partial charge >= 0.3 is 0 Å². The van der Waals surface area contributed by atoms with Gasteiger partial charge in [-0.2, -0.15) is 0 Å². The molecule has 0 radical (unpaired) electrons. The summed E-state index contributed by atoms with van der Waals surface area (Å²) in [7, 11) is 0. The predicted octanol–water partition coefficient (Wildman–Crippen LogP) is 1.72. The minimum Gasteiger partial charge on any atom is -0.390 e. The van der Waals surface area contributed by atoms with Crippen molar-refractivity contribution >= 4 is 10.9 Å². The smallest absolute Gasteiger partial charge is 0.0794 e. The maximum Gasteiger partial charge on any atom is 0.0794 e. The van der Waals surface area contributed by atoms with Gasteiger partial charge in [0.25, 0.3) is 0 Å². The van der Waals surface area contributed by atoms with Crippen LogP contribution in [0.3, 0.4) is 0 Å². The van der Waals surface area contributed by atoms with Crippen LogP contribution in [-0.2, 0) is 6.54 Å². The number of pyridine rings is 1. The number of aryl methyl sites for hydroxylation is 1. The van der Waals surface area contributed by atoms with E-state index in [1.54, 1.807) is 0 Å². The number of aliphatic hydroxyl groups is 1. The molecular weight excluding hydrogens is 212 g/mol. The molecular formula is C14H16N2O. The van der Waals surface area contributed by atoms with Gasteiger partial charge in [-0.15, -0.1) is 0 Å². The van der Waals surface area contributed by atoms with Crippen molar-refractivity contribution in [3.8, 4) is 0 Å². The molecule has 0 bridgehead atoms. The molecule has 0 unspecified atom stereocenters. The number of aromatic nitrogens is 1. The lowest BCUT2D eigenvalue weighted by Crippen LogP contribution is -2.49. The number of rotatable bonds is 2. The van der Waals surface area contributed by atoms with Crippen LogP contribution in [0.4, 0.5) is 0 Å². The van der Waals surface area contributed by atoms with E-state index in [9.17, 15) is 5.11 Å². The van der Waals surface area contributed by atoms with Crippen LogP contribution in [0, 0.1) is 6.92 Å².